The highest BCUT2D eigenvalue weighted by Crippen LogP contribution is 2.20. The van der Waals surface area contributed by atoms with Crippen molar-refractivity contribution in [1.29, 1.82) is 0 Å². The van der Waals surface area contributed by atoms with Gasteiger partial charge in [0.25, 0.3) is 0 Å². The number of ether oxygens (including phenoxy) is 1. The fraction of sp³-hybridized carbons (Fsp3) is 1.00. The molecule has 2 N–H and O–H groups in total. The van der Waals surface area contributed by atoms with E-state index < -0.39 is 10.0 Å². The van der Waals surface area contributed by atoms with Crippen molar-refractivity contribution in [2.75, 3.05) is 25.5 Å². The smallest absolute Gasteiger partial charge is 0.212 e. The Morgan fingerprint density at radius 2 is 1.89 bits per heavy atom. The lowest BCUT2D eigenvalue weighted by molar-refractivity contribution is 0.0537. The summed E-state index contributed by atoms with van der Waals surface area (Å²) in [6.07, 6.45) is 2.13. The first kappa shape index (κ1) is 15.9. The van der Waals surface area contributed by atoms with Crippen LogP contribution in [-0.2, 0) is 14.8 Å². The number of rotatable bonds is 7. The minimum Gasteiger partial charge on any atom is -0.381 e. The first-order valence-corrected chi connectivity index (χ1v) is 8.31. The van der Waals surface area contributed by atoms with Gasteiger partial charge in [-0.2, -0.15) is 0 Å². The van der Waals surface area contributed by atoms with Crippen molar-refractivity contribution >= 4 is 10.0 Å². The van der Waals surface area contributed by atoms with Gasteiger partial charge in [-0.3, -0.25) is 0 Å². The van der Waals surface area contributed by atoms with Crippen molar-refractivity contribution in [1.82, 2.24) is 10.0 Å². The Balaban J connectivity index is 2.34. The zero-order chi connectivity index (χ0) is 13.6. The molecule has 6 heteroatoms. The normalized spacial score (nSPS) is 20.2. The summed E-state index contributed by atoms with van der Waals surface area (Å²) >= 11 is 0. The Morgan fingerprint density at radius 3 is 2.44 bits per heavy atom. The highest BCUT2D eigenvalue weighted by molar-refractivity contribution is 7.89. The van der Waals surface area contributed by atoms with E-state index in [0.29, 0.717) is 25.7 Å². The molecular formula is C12H26N2O3S. The standard InChI is InChI=1S/C12H26N2O3S/c1-11(2)13-7-4-10-18(15,16)14-12(3)5-8-17-9-6-12/h11,13-14H,4-10H2,1-3H3. The zero-order valence-corrected chi connectivity index (χ0v) is 12.5. The van der Waals surface area contributed by atoms with E-state index in [0.717, 1.165) is 19.4 Å². The van der Waals surface area contributed by atoms with Crippen molar-refractivity contribution in [2.45, 2.75) is 51.6 Å². The van der Waals surface area contributed by atoms with Crippen LogP contribution in [0.5, 0.6) is 0 Å². The first-order valence-electron chi connectivity index (χ1n) is 6.66. The minimum atomic E-state index is -3.18. The molecule has 0 amide bonds. The molecule has 0 bridgehead atoms. The molecule has 0 aromatic carbocycles. The summed E-state index contributed by atoms with van der Waals surface area (Å²) in [6.45, 7) is 8.06. The monoisotopic (exact) mass is 278 g/mol. The molecule has 1 aliphatic rings. The topological polar surface area (TPSA) is 67.4 Å². The second-order valence-corrected chi connectivity index (χ2v) is 7.40. The van der Waals surface area contributed by atoms with Crippen molar-refractivity contribution in [3.63, 3.8) is 0 Å². The summed E-state index contributed by atoms with van der Waals surface area (Å²) in [5, 5.41) is 3.22. The van der Waals surface area contributed by atoms with Crippen LogP contribution in [0.3, 0.4) is 0 Å². The van der Waals surface area contributed by atoms with E-state index in [1.165, 1.54) is 0 Å². The predicted octanol–water partition coefficient (Wildman–Crippen LogP) is 0.863. The van der Waals surface area contributed by atoms with Gasteiger partial charge in [-0.05, 0) is 32.7 Å². The summed E-state index contributed by atoms with van der Waals surface area (Å²) in [4.78, 5) is 0. The van der Waals surface area contributed by atoms with Crippen molar-refractivity contribution in [3.8, 4) is 0 Å². The molecule has 1 heterocycles. The molecule has 1 fully saturated rings. The molecule has 5 nitrogen and oxygen atoms in total. The molecule has 0 aromatic rings. The minimum absolute atomic E-state index is 0.184. The second-order valence-electron chi connectivity index (χ2n) is 5.56. The van der Waals surface area contributed by atoms with E-state index in [9.17, 15) is 8.42 Å². The predicted molar refractivity (Wildman–Crippen MR) is 73.1 cm³/mol. The molecule has 0 saturated carbocycles. The van der Waals surface area contributed by atoms with Gasteiger partial charge in [-0.15, -0.1) is 0 Å². The summed E-state index contributed by atoms with van der Waals surface area (Å²) in [5.74, 6) is 0.184. The van der Waals surface area contributed by atoms with E-state index in [4.69, 9.17) is 4.74 Å². The molecular weight excluding hydrogens is 252 g/mol. The second kappa shape index (κ2) is 6.84. The van der Waals surface area contributed by atoms with Gasteiger partial charge in [0.2, 0.25) is 10.0 Å². The Kier molecular flexibility index (Phi) is 6.04. The maximum atomic E-state index is 12.0. The molecule has 1 saturated heterocycles. The van der Waals surface area contributed by atoms with Crippen LogP contribution in [0.4, 0.5) is 0 Å². The van der Waals surface area contributed by atoms with Crippen LogP contribution in [0.25, 0.3) is 0 Å². The average molecular weight is 278 g/mol. The van der Waals surface area contributed by atoms with Crippen molar-refractivity contribution < 1.29 is 13.2 Å². The van der Waals surface area contributed by atoms with Crippen LogP contribution in [0.1, 0.15) is 40.0 Å². The maximum Gasteiger partial charge on any atom is 0.212 e. The van der Waals surface area contributed by atoms with E-state index >= 15 is 0 Å². The molecule has 0 atom stereocenters. The molecule has 0 radical (unpaired) electrons. The Morgan fingerprint density at radius 1 is 1.28 bits per heavy atom. The Hall–Kier alpha value is -0.170. The molecule has 0 aliphatic carbocycles. The summed E-state index contributed by atoms with van der Waals surface area (Å²) in [7, 11) is -3.18. The Bertz CT molecular complexity index is 335. The summed E-state index contributed by atoms with van der Waals surface area (Å²) in [6, 6.07) is 0.397. The lowest BCUT2D eigenvalue weighted by Crippen LogP contribution is -2.50. The summed E-state index contributed by atoms with van der Waals surface area (Å²) in [5.41, 5.74) is -0.331. The van der Waals surface area contributed by atoms with Crippen LogP contribution in [0, 0.1) is 0 Å². The number of hydrogen-bond acceptors (Lipinski definition) is 4. The van der Waals surface area contributed by atoms with Gasteiger partial charge in [0.05, 0.1) is 5.75 Å². The van der Waals surface area contributed by atoms with E-state index in [1.54, 1.807) is 0 Å². The number of hydrogen-bond donors (Lipinski definition) is 2. The van der Waals surface area contributed by atoms with Crippen LogP contribution in [0.2, 0.25) is 0 Å². The van der Waals surface area contributed by atoms with E-state index in [1.807, 2.05) is 6.92 Å². The first-order chi connectivity index (χ1) is 8.33. The third-order valence-corrected chi connectivity index (χ3v) is 4.77. The van der Waals surface area contributed by atoms with Gasteiger partial charge in [-0.1, -0.05) is 13.8 Å². The molecule has 0 unspecified atom stereocenters. The van der Waals surface area contributed by atoms with Crippen LogP contribution >= 0.6 is 0 Å². The zero-order valence-electron chi connectivity index (χ0n) is 11.7. The highest BCUT2D eigenvalue weighted by atomic mass is 32.2. The van der Waals surface area contributed by atoms with Crippen LogP contribution in [0.15, 0.2) is 0 Å². The maximum absolute atomic E-state index is 12.0. The van der Waals surface area contributed by atoms with Gasteiger partial charge < -0.3 is 10.1 Å². The van der Waals surface area contributed by atoms with E-state index in [-0.39, 0.29) is 11.3 Å². The SMILES string of the molecule is CC(C)NCCCS(=O)(=O)NC1(C)CCOCC1. The van der Waals surface area contributed by atoms with Gasteiger partial charge in [0, 0.05) is 24.8 Å². The third-order valence-electron chi connectivity index (χ3n) is 3.14. The summed E-state index contributed by atoms with van der Waals surface area (Å²) < 4.78 is 32.0. The highest BCUT2D eigenvalue weighted by Gasteiger charge is 2.31. The Labute approximate surface area is 111 Å². The van der Waals surface area contributed by atoms with Crippen molar-refractivity contribution in [3.05, 3.63) is 0 Å². The molecule has 1 aliphatic heterocycles. The number of sulfonamides is 1. The fourth-order valence-electron chi connectivity index (χ4n) is 2.00. The fourth-order valence-corrected chi connectivity index (χ4v) is 3.58. The molecule has 0 spiro atoms. The van der Waals surface area contributed by atoms with Crippen molar-refractivity contribution in [2.24, 2.45) is 0 Å². The molecule has 108 valence electrons. The van der Waals surface area contributed by atoms with Gasteiger partial charge in [-0.25, -0.2) is 13.1 Å². The number of nitrogens with one attached hydrogen (secondary N) is 2. The largest absolute Gasteiger partial charge is 0.381 e. The lowest BCUT2D eigenvalue weighted by Gasteiger charge is -2.34. The third kappa shape index (κ3) is 6.13. The van der Waals surface area contributed by atoms with Gasteiger partial charge >= 0.3 is 0 Å². The quantitative estimate of drug-likeness (QED) is 0.678. The molecule has 18 heavy (non-hydrogen) atoms. The van der Waals surface area contributed by atoms with Crippen LogP contribution < -0.4 is 10.0 Å². The lowest BCUT2D eigenvalue weighted by atomic mass is 9.94. The van der Waals surface area contributed by atoms with E-state index in [2.05, 4.69) is 23.9 Å². The molecule has 1 rings (SSSR count). The average Bonchev–Trinajstić information content (AvgIpc) is 2.24. The van der Waals surface area contributed by atoms with Crippen LogP contribution in [-0.4, -0.2) is 45.5 Å². The molecule has 0 aromatic heterocycles. The van der Waals surface area contributed by atoms with Gasteiger partial charge in [0.1, 0.15) is 0 Å². The van der Waals surface area contributed by atoms with Gasteiger partial charge in [0.15, 0.2) is 0 Å².